The molecule has 1 aromatic carbocycles. The zero-order chi connectivity index (χ0) is 13.8. The van der Waals surface area contributed by atoms with E-state index in [1.807, 2.05) is 17.9 Å². The summed E-state index contributed by atoms with van der Waals surface area (Å²) >= 11 is 0. The zero-order valence-corrected chi connectivity index (χ0v) is 12.5. The molecule has 3 nitrogen and oxygen atoms in total. The Balaban J connectivity index is 0.00000200. The van der Waals surface area contributed by atoms with Gasteiger partial charge in [0.1, 0.15) is 5.82 Å². The maximum atomic E-state index is 13.2. The van der Waals surface area contributed by atoms with E-state index >= 15 is 0 Å². The number of carbonyl (C=O) groups is 1. The Morgan fingerprint density at radius 2 is 2.30 bits per heavy atom. The number of likely N-dealkylation sites (tertiary alicyclic amines) is 1. The summed E-state index contributed by atoms with van der Waals surface area (Å²) in [6.45, 7) is 4.17. The van der Waals surface area contributed by atoms with Gasteiger partial charge in [-0.05, 0) is 42.5 Å². The second-order valence-corrected chi connectivity index (χ2v) is 5.39. The minimum atomic E-state index is -0.249. The van der Waals surface area contributed by atoms with Gasteiger partial charge >= 0.3 is 0 Å². The van der Waals surface area contributed by atoms with Crippen LogP contribution in [0.25, 0.3) is 0 Å². The van der Waals surface area contributed by atoms with Crippen molar-refractivity contribution in [1.29, 1.82) is 0 Å². The second kappa shape index (κ2) is 7.60. The van der Waals surface area contributed by atoms with E-state index in [-0.39, 0.29) is 30.0 Å². The van der Waals surface area contributed by atoms with E-state index in [0.717, 1.165) is 25.1 Å². The molecule has 0 radical (unpaired) electrons. The summed E-state index contributed by atoms with van der Waals surface area (Å²) in [6, 6.07) is 6.48. The van der Waals surface area contributed by atoms with Crippen molar-refractivity contribution in [2.45, 2.75) is 25.7 Å². The van der Waals surface area contributed by atoms with E-state index in [1.54, 1.807) is 6.07 Å². The Morgan fingerprint density at radius 1 is 1.55 bits per heavy atom. The number of halogens is 2. The smallest absolute Gasteiger partial charge is 0.223 e. The van der Waals surface area contributed by atoms with Gasteiger partial charge in [0, 0.05) is 19.5 Å². The van der Waals surface area contributed by atoms with E-state index in [2.05, 4.69) is 0 Å². The van der Waals surface area contributed by atoms with Gasteiger partial charge in [-0.25, -0.2) is 4.39 Å². The number of rotatable bonds is 4. The van der Waals surface area contributed by atoms with Gasteiger partial charge in [0.05, 0.1) is 0 Å². The van der Waals surface area contributed by atoms with E-state index in [0.29, 0.717) is 18.9 Å². The maximum Gasteiger partial charge on any atom is 0.223 e. The summed E-state index contributed by atoms with van der Waals surface area (Å²) in [4.78, 5) is 14.0. The molecule has 1 amide bonds. The maximum absolute atomic E-state index is 13.2. The molecule has 2 atom stereocenters. The second-order valence-electron chi connectivity index (χ2n) is 5.39. The fourth-order valence-electron chi connectivity index (χ4n) is 2.57. The molecule has 1 heterocycles. The normalized spacial score (nSPS) is 19.6. The SMILES string of the molecule is CC(CC(=O)N1CCC(CN)C1)c1cccc(F)c1.Cl. The first-order chi connectivity index (χ1) is 9.10. The van der Waals surface area contributed by atoms with Gasteiger partial charge in [-0.3, -0.25) is 4.79 Å². The number of carbonyl (C=O) groups excluding carboxylic acids is 1. The molecule has 1 aliphatic heterocycles. The average Bonchev–Trinajstić information content (AvgIpc) is 2.87. The van der Waals surface area contributed by atoms with Crippen molar-refractivity contribution < 1.29 is 9.18 Å². The molecule has 0 bridgehead atoms. The molecule has 0 aliphatic carbocycles. The van der Waals surface area contributed by atoms with Gasteiger partial charge in [0.15, 0.2) is 0 Å². The van der Waals surface area contributed by atoms with Crippen molar-refractivity contribution in [2.24, 2.45) is 11.7 Å². The Hall–Kier alpha value is -1.13. The van der Waals surface area contributed by atoms with E-state index < -0.39 is 0 Å². The van der Waals surface area contributed by atoms with Gasteiger partial charge in [-0.1, -0.05) is 19.1 Å². The van der Waals surface area contributed by atoms with E-state index in [4.69, 9.17) is 5.73 Å². The van der Waals surface area contributed by atoms with Crippen LogP contribution < -0.4 is 5.73 Å². The molecule has 20 heavy (non-hydrogen) atoms. The summed E-state index contributed by atoms with van der Waals surface area (Å²) in [5, 5.41) is 0. The average molecular weight is 301 g/mol. The van der Waals surface area contributed by atoms with Crippen molar-refractivity contribution in [3.8, 4) is 0 Å². The molecular weight excluding hydrogens is 279 g/mol. The standard InChI is InChI=1S/C15H21FN2O.ClH/c1-11(13-3-2-4-14(16)8-13)7-15(19)18-6-5-12(9-17)10-18;/h2-4,8,11-12H,5-7,9-10,17H2,1H3;1H. The molecule has 112 valence electrons. The van der Waals surface area contributed by atoms with Gasteiger partial charge in [-0.15, -0.1) is 12.4 Å². The number of nitrogens with two attached hydrogens (primary N) is 1. The quantitative estimate of drug-likeness (QED) is 0.929. The zero-order valence-electron chi connectivity index (χ0n) is 11.7. The Bertz CT molecular complexity index is 455. The number of benzene rings is 1. The molecule has 2 unspecified atom stereocenters. The number of hydrogen-bond donors (Lipinski definition) is 1. The van der Waals surface area contributed by atoms with Crippen LogP contribution in [0, 0.1) is 11.7 Å². The predicted molar refractivity (Wildman–Crippen MR) is 80.4 cm³/mol. The highest BCUT2D eigenvalue weighted by atomic mass is 35.5. The van der Waals surface area contributed by atoms with Crippen LogP contribution in [0.4, 0.5) is 4.39 Å². The summed E-state index contributed by atoms with van der Waals surface area (Å²) in [7, 11) is 0. The van der Waals surface area contributed by atoms with Crippen molar-refractivity contribution in [1.82, 2.24) is 4.90 Å². The Morgan fingerprint density at radius 3 is 2.90 bits per heavy atom. The molecule has 2 rings (SSSR count). The monoisotopic (exact) mass is 300 g/mol. The molecule has 2 N–H and O–H groups in total. The number of nitrogens with zero attached hydrogens (tertiary/aromatic N) is 1. The molecule has 1 saturated heterocycles. The molecule has 1 aliphatic rings. The van der Waals surface area contributed by atoms with E-state index in [1.165, 1.54) is 12.1 Å². The Labute approximate surface area is 125 Å². The van der Waals surface area contributed by atoms with Gasteiger partial charge in [-0.2, -0.15) is 0 Å². The fourth-order valence-corrected chi connectivity index (χ4v) is 2.57. The lowest BCUT2D eigenvalue weighted by molar-refractivity contribution is -0.130. The molecule has 5 heteroatoms. The fraction of sp³-hybridized carbons (Fsp3) is 0.533. The first-order valence-electron chi connectivity index (χ1n) is 6.83. The molecule has 0 saturated carbocycles. The highest BCUT2D eigenvalue weighted by Crippen LogP contribution is 2.23. The molecule has 1 aromatic rings. The van der Waals surface area contributed by atoms with Crippen molar-refractivity contribution in [2.75, 3.05) is 19.6 Å². The topological polar surface area (TPSA) is 46.3 Å². The third kappa shape index (κ3) is 4.18. The van der Waals surface area contributed by atoms with Crippen molar-refractivity contribution in [3.63, 3.8) is 0 Å². The minimum absolute atomic E-state index is 0. The van der Waals surface area contributed by atoms with Crippen LogP contribution in [0.3, 0.4) is 0 Å². The van der Waals surface area contributed by atoms with Crippen LogP contribution in [-0.2, 0) is 4.79 Å². The van der Waals surface area contributed by atoms with Crippen LogP contribution in [0.5, 0.6) is 0 Å². The van der Waals surface area contributed by atoms with E-state index in [9.17, 15) is 9.18 Å². The summed E-state index contributed by atoms with van der Waals surface area (Å²) < 4.78 is 13.2. The lowest BCUT2D eigenvalue weighted by Crippen LogP contribution is -2.30. The van der Waals surface area contributed by atoms with Crippen LogP contribution in [0.1, 0.15) is 31.2 Å². The largest absolute Gasteiger partial charge is 0.342 e. The molecule has 0 spiro atoms. The van der Waals surface area contributed by atoms with Gasteiger partial charge < -0.3 is 10.6 Å². The summed E-state index contributed by atoms with van der Waals surface area (Å²) in [5.74, 6) is 0.377. The third-order valence-corrected chi connectivity index (χ3v) is 3.87. The van der Waals surface area contributed by atoms with Crippen molar-refractivity contribution >= 4 is 18.3 Å². The first-order valence-corrected chi connectivity index (χ1v) is 6.83. The molecule has 1 fully saturated rings. The summed E-state index contributed by atoms with van der Waals surface area (Å²) in [6.07, 6.45) is 1.43. The number of hydrogen-bond acceptors (Lipinski definition) is 2. The van der Waals surface area contributed by atoms with Gasteiger partial charge in [0.2, 0.25) is 5.91 Å². The lowest BCUT2D eigenvalue weighted by Gasteiger charge is -2.19. The molecular formula is C15H22ClFN2O. The lowest BCUT2D eigenvalue weighted by atomic mass is 9.97. The van der Waals surface area contributed by atoms with Crippen LogP contribution in [-0.4, -0.2) is 30.4 Å². The first kappa shape index (κ1) is 16.9. The minimum Gasteiger partial charge on any atom is -0.342 e. The number of amides is 1. The van der Waals surface area contributed by atoms with Crippen LogP contribution in [0.2, 0.25) is 0 Å². The van der Waals surface area contributed by atoms with Crippen LogP contribution >= 0.6 is 12.4 Å². The molecule has 0 aromatic heterocycles. The summed E-state index contributed by atoms with van der Waals surface area (Å²) in [5.41, 5.74) is 6.50. The third-order valence-electron chi connectivity index (χ3n) is 3.87. The highest BCUT2D eigenvalue weighted by molar-refractivity contribution is 5.85. The van der Waals surface area contributed by atoms with Gasteiger partial charge in [0.25, 0.3) is 0 Å². The highest BCUT2D eigenvalue weighted by Gasteiger charge is 2.26. The van der Waals surface area contributed by atoms with Crippen LogP contribution in [0.15, 0.2) is 24.3 Å². The van der Waals surface area contributed by atoms with Crippen molar-refractivity contribution in [3.05, 3.63) is 35.6 Å². The Kier molecular flexibility index (Phi) is 6.43. The predicted octanol–water partition coefficient (Wildman–Crippen LogP) is 2.55.